The number of hydrogen-bond acceptors (Lipinski definition) is 6. The van der Waals surface area contributed by atoms with Crippen molar-refractivity contribution < 1.29 is 29.3 Å². The van der Waals surface area contributed by atoms with Crippen molar-refractivity contribution in [3.8, 4) is 0 Å². The van der Waals surface area contributed by atoms with Crippen molar-refractivity contribution in [2.45, 2.75) is 111 Å². The lowest BCUT2D eigenvalue weighted by atomic mass is 9.68. The van der Waals surface area contributed by atoms with E-state index in [4.69, 9.17) is 14.6 Å². The third-order valence-corrected chi connectivity index (χ3v) is 8.98. The fraction of sp³-hybridized carbons (Fsp3) is 0.871. The summed E-state index contributed by atoms with van der Waals surface area (Å²) in [6.07, 6.45) is 18.3. The highest BCUT2D eigenvalue weighted by molar-refractivity contribution is 5.87. The van der Waals surface area contributed by atoms with Gasteiger partial charge in [0.1, 0.15) is 0 Å². The summed E-state index contributed by atoms with van der Waals surface area (Å²) in [5, 5.41) is 18.6. The smallest absolute Gasteiger partial charge is 0.335 e. The van der Waals surface area contributed by atoms with Crippen LogP contribution < -0.4 is 0 Å². The first-order valence-electron chi connectivity index (χ1n) is 14.9. The molecule has 2 aliphatic carbocycles. The van der Waals surface area contributed by atoms with E-state index in [1.54, 1.807) is 13.8 Å². The summed E-state index contributed by atoms with van der Waals surface area (Å²) in [4.78, 5) is 24.3. The van der Waals surface area contributed by atoms with E-state index < -0.39 is 24.0 Å². The van der Waals surface area contributed by atoms with Gasteiger partial charge in [0.05, 0.1) is 37.4 Å². The van der Waals surface area contributed by atoms with Crippen LogP contribution in [0.25, 0.3) is 0 Å². The van der Waals surface area contributed by atoms with Gasteiger partial charge in [0, 0.05) is 5.92 Å². The second-order valence-corrected chi connectivity index (χ2v) is 12.5. The molecule has 0 amide bonds. The van der Waals surface area contributed by atoms with Gasteiger partial charge in [0.25, 0.3) is 0 Å². The van der Waals surface area contributed by atoms with Gasteiger partial charge in [-0.25, -0.2) is 4.79 Å². The highest BCUT2D eigenvalue weighted by atomic mass is 16.5. The Morgan fingerprint density at radius 3 is 1.92 bits per heavy atom. The first-order chi connectivity index (χ1) is 17.7. The zero-order valence-corrected chi connectivity index (χ0v) is 23.8. The van der Waals surface area contributed by atoms with Crippen molar-refractivity contribution in [1.29, 1.82) is 0 Å². The zero-order valence-electron chi connectivity index (χ0n) is 23.8. The third kappa shape index (κ3) is 11.1. The first kappa shape index (κ1) is 31.8. The molecular formula is C31H54O6. The summed E-state index contributed by atoms with van der Waals surface area (Å²) in [5.41, 5.74) is -0.940. The molecule has 0 aliphatic heterocycles. The Hall–Kier alpha value is -1.40. The highest BCUT2D eigenvalue weighted by Gasteiger charge is 2.32. The normalized spacial score (nSPS) is 25.3. The van der Waals surface area contributed by atoms with Crippen molar-refractivity contribution >= 4 is 11.9 Å². The molecule has 2 fully saturated rings. The molecule has 214 valence electrons. The van der Waals surface area contributed by atoms with Gasteiger partial charge in [-0.05, 0) is 76.0 Å². The quantitative estimate of drug-likeness (QED) is 0.142. The Morgan fingerprint density at radius 2 is 1.41 bits per heavy atom. The van der Waals surface area contributed by atoms with Crippen molar-refractivity contribution in [1.82, 2.24) is 0 Å². The van der Waals surface area contributed by atoms with E-state index in [1.165, 1.54) is 77.0 Å². The summed E-state index contributed by atoms with van der Waals surface area (Å²) in [6.45, 7) is 8.65. The lowest BCUT2D eigenvalue weighted by Crippen LogP contribution is -2.32. The number of hydrogen-bond donors (Lipinski definition) is 2. The maximum atomic E-state index is 12.3. The van der Waals surface area contributed by atoms with Gasteiger partial charge in [-0.1, -0.05) is 64.9 Å². The summed E-state index contributed by atoms with van der Waals surface area (Å²) in [6, 6.07) is 0. The molecule has 2 rings (SSSR count). The van der Waals surface area contributed by atoms with Gasteiger partial charge in [0.2, 0.25) is 0 Å². The number of carbonyl (C=O) groups excluding carboxylic acids is 2. The number of rotatable bonds is 16. The molecule has 2 N–H and O–H groups in total. The summed E-state index contributed by atoms with van der Waals surface area (Å²) in [5.74, 6) is 2.25. The Bertz CT molecular complexity index is 686. The maximum absolute atomic E-state index is 12.3. The fourth-order valence-electron chi connectivity index (χ4n) is 6.08. The molecule has 6 nitrogen and oxygen atoms in total. The van der Waals surface area contributed by atoms with E-state index in [9.17, 15) is 14.7 Å². The number of carbonyl (C=O) groups is 2. The predicted octanol–water partition coefficient (Wildman–Crippen LogP) is 6.23. The van der Waals surface area contributed by atoms with Crippen LogP contribution in [0.2, 0.25) is 0 Å². The molecule has 0 spiro atoms. The number of esters is 2. The highest BCUT2D eigenvalue weighted by Crippen LogP contribution is 2.43. The van der Waals surface area contributed by atoms with Crippen LogP contribution >= 0.6 is 0 Å². The lowest BCUT2D eigenvalue weighted by Gasteiger charge is -2.38. The average Bonchev–Trinajstić information content (AvgIpc) is 2.92. The summed E-state index contributed by atoms with van der Waals surface area (Å²) in [7, 11) is 0. The van der Waals surface area contributed by atoms with Crippen molar-refractivity contribution in [2.75, 3.05) is 26.4 Å². The fourth-order valence-corrected chi connectivity index (χ4v) is 6.08. The minimum absolute atomic E-state index is 0.0190. The average molecular weight is 523 g/mol. The Balaban J connectivity index is 1.77. The van der Waals surface area contributed by atoms with E-state index >= 15 is 0 Å². The molecule has 1 atom stereocenters. The second kappa shape index (κ2) is 16.5. The molecular weight excluding hydrogens is 468 g/mol. The van der Waals surface area contributed by atoms with Crippen LogP contribution in [0.4, 0.5) is 0 Å². The van der Waals surface area contributed by atoms with E-state index in [0.717, 1.165) is 30.6 Å². The van der Waals surface area contributed by atoms with E-state index in [2.05, 4.69) is 13.5 Å². The van der Waals surface area contributed by atoms with Crippen LogP contribution in [-0.4, -0.2) is 48.6 Å². The van der Waals surface area contributed by atoms with Crippen LogP contribution in [0.3, 0.4) is 0 Å². The second-order valence-electron chi connectivity index (χ2n) is 12.5. The SMILES string of the molecule is C=C(CO)C(=O)OCC(CCC1CCC(C2CCC(CCCCC)CC2)CC1)COC(=O)C(C)(C)CO. The van der Waals surface area contributed by atoms with E-state index in [-0.39, 0.29) is 31.3 Å². The molecule has 6 heteroatoms. The van der Waals surface area contributed by atoms with Crippen molar-refractivity contribution in [3.05, 3.63) is 12.2 Å². The van der Waals surface area contributed by atoms with E-state index in [0.29, 0.717) is 5.92 Å². The molecule has 0 radical (unpaired) electrons. The van der Waals surface area contributed by atoms with Crippen LogP contribution in [0, 0.1) is 35.0 Å². The Kier molecular flexibility index (Phi) is 14.2. The van der Waals surface area contributed by atoms with Crippen molar-refractivity contribution in [3.63, 3.8) is 0 Å². The minimum Gasteiger partial charge on any atom is -0.465 e. The van der Waals surface area contributed by atoms with E-state index in [1.807, 2.05) is 0 Å². The number of ether oxygens (including phenoxy) is 2. The predicted molar refractivity (Wildman–Crippen MR) is 147 cm³/mol. The van der Waals surface area contributed by atoms with Crippen LogP contribution in [0.15, 0.2) is 12.2 Å². The van der Waals surface area contributed by atoms with Gasteiger partial charge in [-0.15, -0.1) is 0 Å². The van der Waals surface area contributed by atoms with Crippen LogP contribution in [-0.2, 0) is 19.1 Å². The van der Waals surface area contributed by atoms with Crippen LogP contribution in [0.1, 0.15) is 111 Å². The van der Waals surface area contributed by atoms with Gasteiger partial charge < -0.3 is 19.7 Å². The minimum atomic E-state index is -0.959. The number of aliphatic hydroxyl groups excluding tert-OH is 2. The summed E-state index contributed by atoms with van der Waals surface area (Å²) >= 11 is 0. The first-order valence-corrected chi connectivity index (χ1v) is 14.9. The number of unbranched alkanes of at least 4 members (excludes halogenated alkanes) is 2. The Labute approximate surface area is 225 Å². The molecule has 0 heterocycles. The van der Waals surface area contributed by atoms with Crippen molar-refractivity contribution in [2.24, 2.45) is 35.0 Å². The van der Waals surface area contributed by atoms with Gasteiger partial charge in [-0.2, -0.15) is 0 Å². The Morgan fingerprint density at radius 1 is 0.865 bits per heavy atom. The molecule has 0 saturated heterocycles. The standard InChI is InChI=1S/C31H54O6/c1-5-6-7-8-24-11-15-27(16-12-24)28-17-13-25(14-18-28)9-10-26(20-36-29(34)23(2)19-32)21-37-30(35)31(3,4)22-33/h24-28,32-33H,2,5-22H2,1,3-4H3. The number of aliphatic hydroxyl groups is 2. The molecule has 0 aromatic rings. The molecule has 0 bridgehead atoms. The molecule has 1 unspecified atom stereocenters. The third-order valence-electron chi connectivity index (χ3n) is 8.98. The topological polar surface area (TPSA) is 93.1 Å². The van der Waals surface area contributed by atoms with Gasteiger partial charge in [0.15, 0.2) is 0 Å². The van der Waals surface area contributed by atoms with Gasteiger partial charge >= 0.3 is 11.9 Å². The summed E-state index contributed by atoms with van der Waals surface area (Å²) < 4.78 is 10.8. The molecule has 0 aromatic heterocycles. The molecule has 2 saturated carbocycles. The monoisotopic (exact) mass is 522 g/mol. The van der Waals surface area contributed by atoms with Crippen LogP contribution in [0.5, 0.6) is 0 Å². The largest absolute Gasteiger partial charge is 0.465 e. The molecule has 0 aromatic carbocycles. The zero-order chi connectivity index (χ0) is 27.3. The lowest BCUT2D eigenvalue weighted by molar-refractivity contribution is -0.158. The molecule has 2 aliphatic rings. The maximum Gasteiger partial charge on any atom is 0.335 e. The van der Waals surface area contributed by atoms with Gasteiger partial charge in [-0.3, -0.25) is 4.79 Å². The molecule has 37 heavy (non-hydrogen) atoms.